The molecule has 7 heteroatoms. The molecule has 1 aromatic carbocycles. The number of benzene rings is 1. The van der Waals surface area contributed by atoms with Gasteiger partial charge in [-0.25, -0.2) is 4.79 Å². The summed E-state index contributed by atoms with van der Waals surface area (Å²) >= 11 is 0. The van der Waals surface area contributed by atoms with E-state index in [9.17, 15) is 19.7 Å². The average Bonchev–Trinajstić information content (AvgIpc) is 2.36. The van der Waals surface area contributed by atoms with Crippen LogP contribution in [0, 0.1) is 17.0 Å². The summed E-state index contributed by atoms with van der Waals surface area (Å²) in [5, 5.41) is 13.1. The van der Waals surface area contributed by atoms with E-state index in [4.69, 9.17) is 0 Å². The second-order valence-corrected chi connectivity index (χ2v) is 4.03. The number of ether oxygens (including phenoxy) is 1. The van der Waals surface area contributed by atoms with Crippen LogP contribution in [0.25, 0.3) is 0 Å². The third-order valence-electron chi connectivity index (χ3n) is 2.44. The minimum atomic E-state index is -0.822. The molecule has 1 unspecified atom stereocenters. The molecule has 0 fully saturated rings. The van der Waals surface area contributed by atoms with Crippen LogP contribution >= 0.6 is 0 Å². The lowest BCUT2D eigenvalue weighted by molar-refractivity contribution is -0.384. The third kappa shape index (κ3) is 3.77. The van der Waals surface area contributed by atoms with E-state index in [1.165, 1.54) is 26.2 Å². The minimum Gasteiger partial charge on any atom is -0.467 e. The highest BCUT2D eigenvalue weighted by Gasteiger charge is 2.19. The quantitative estimate of drug-likeness (QED) is 0.501. The number of amides is 1. The van der Waals surface area contributed by atoms with Crippen LogP contribution in [0.5, 0.6) is 0 Å². The molecule has 1 amide bonds. The van der Waals surface area contributed by atoms with Crippen molar-refractivity contribution in [3.63, 3.8) is 0 Å². The number of carbonyl (C=O) groups is 2. The van der Waals surface area contributed by atoms with Gasteiger partial charge in [0.15, 0.2) is 0 Å². The molecule has 0 aliphatic rings. The van der Waals surface area contributed by atoms with E-state index in [1.807, 2.05) is 0 Å². The van der Waals surface area contributed by atoms with Gasteiger partial charge in [-0.2, -0.15) is 0 Å². The number of carbonyl (C=O) groups excluding carboxylic acids is 2. The molecule has 7 nitrogen and oxygen atoms in total. The molecule has 0 aliphatic heterocycles. The first-order valence-electron chi connectivity index (χ1n) is 5.50. The molecule has 1 N–H and O–H groups in total. The van der Waals surface area contributed by atoms with E-state index in [0.717, 1.165) is 6.07 Å². The minimum absolute atomic E-state index is 0.127. The van der Waals surface area contributed by atoms with Crippen molar-refractivity contribution in [2.24, 2.45) is 0 Å². The maximum absolute atomic E-state index is 11.9. The van der Waals surface area contributed by atoms with Crippen molar-refractivity contribution in [3.05, 3.63) is 39.4 Å². The summed E-state index contributed by atoms with van der Waals surface area (Å²) in [6, 6.07) is 3.20. The number of methoxy groups -OCH3 is 1. The number of non-ortho nitro benzene ring substituents is 1. The number of nitro groups is 1. The van der Waals surface area contributed by atoms with Crippen LogP contribution < -0.4 is 5.32 Å². The number of esters is 1. The molecule has 0 aliphatic carbocycles. The fourth-order valence-corrected chi connectivity index (χ4v) is 1.52. The van der Waals surface area contributed by atoms with Crippen LogP contribution in [0.1, 0.15) is 22.8 Å². The molecule has 102 valence electrons. The molecule has 1 atom stereocenters. The summed E-state index contributed by atoms with van der Waals surface area (Å²) < 4.78 is 4.47. The van der Waals surface area contributed by atoms with Gasteiger partial charge < -0.3 is 10.1 Å². The van der Waals surface area contributed by atoms with Gasteiger partial charge in [-0.15, -0.1) is 0 Å². The Morgan fingerprint density at radius 3 is 2.53 bits per heavy atom. The second kappa shape index (κ2) is 5.94. The molecule has 0 spiro atoms. The zero-order valence-electron chi connectivity index (χ0n) is 10.8. The van der Waals surface area contributed by atoms with Crippen molar-refractivity contribution in [1.29, 1.82) is 0 Å². The monoisotopic (exact) mass is 266 g/mol. The van der Waals surface area contributed by atoms with E-state index < -0.39 is 22.8 Å². The van der Waals surface area contributed by atoms with Crippen LogP contribution in [-0.2, 0) is 9.53 Å². The first-order chi connectivity index (χ1) is 8.85. The van der Waals surface area contributed by atoms with Crippen molar-refractivity contribution in [3.8, 4) is 0 Å². The molecule has 1 rings (SSSR count). The zero-order valence-corrected chi connectivity index (χ0v) is 10.8. The van der Waals surface area contributed by atoms with Gasteiger partial charge in [-0.05, 0) is 25.5 Å². The fraction of sp³-hybridized carbons (Fsp3) is 0.333. The molecule has 0 saturated carbocycles. The summed E-state index contributed by atoms with van der Waals surface area (Å²) in [5.74, 6) is -1.15. The number of hydrogen-bond acceptors (Lipinski definition) is 5. The number of hydrogen-bond donors (Lipinski definition) is 1. The van der Waals surface area contributed by atoms with Crippen molar-refractivity contribution >= 4 is 17.6 Å². The molecule has 19 heavy (non-hydrogen) atoms. The Labute approximate surface area is 109 Å². The maximum Gasteiger partial charge on any atom is 0.328 e. The Morgan fingerprint density at radius 2 is 2.00 bits per heavy atom. The van der Waals surface area contributed by atoms with Gasteiger partial charge in [0, 0.05) is 17.7 Å². The van der Waals surface area contributed by atoms with Gasteiger partial charge in [0.05, 0.1) is 12.0 Å². The first-order valence-corrected chi connectivity index (χ1v) is 5.50. The average molecular weight is 266 g/mol. The van der Waals surface area contributed by atoms with Gasteiger partial charge in [-0.1, -0.05) is 0 Å². The highest BCUT2D eigenvalue weighted by Crippen LogP contribution is 2.16. The number of nitro benzene ring substituents is 1. The number of aryl methyl sites for hydroxylation is 1. The van der Waals surface area contributed by atoms with Crippen LogP contribution in [0.4, 0.5) is 5.69 Å². The van der Waals surface area contributed by atoms with Gasteiger partial charge >= 0.3 is 5.97 Å². The van der Waals surface area contributed by atoms with E-state index >= 15 is 0 Å². The van der Waals surface area contributed by atoms with Gasteiger partial charge in [0.1, 0.15) is 6.04 Å². The molecule has 0 aromatic heterocycles. The Balaban J connectivity index is 2.94. The normalized spacial score (nSPS) is 11.5. The number of nitrogens with one attached hydrogen (secondary N) is 1. The number of nitrogens with zero attached hydrogens (tertiary/aromatic N) is 1. The summed E-state index contributed by atoms with van der Waals surface area (Å²) in [6.07, 6.45) is 0. The van der Waals surface area contributed by atoms with E-state index in [-0.39, 0.29) is 11.3 Å². The van der Waals surface area contributed by atoms with Crippen molar-refractivity contribution in [2.75, 3.05) is 7.11 Å². The summed E-state index contributed by atoms with van der Waals surface area (Å²) in [6.45, 7) is 3.11. The zero-order chi connectivity index (χ0) is 14.6. The Morgan fingerprint density at radius 1 is 1.37 bits per heavy atom. The smallest absolute Gasteiger partial charge is 0.328 e. The van der Waals surface area contributed by atoms with Crippen LogP contribution in [0.15, 0.2) is 18.2 Å². The summed E-state index contributed by atoms with van der Waals surface area (Å²) in [7, 11) is 1.21. The lowest BCUT2D eigenvalue weighted by atomic mass is 10.1. The third-order valence-corrected chi connectivity index (χ3v) is 2.44. The fourth-order valence-electron chi connectivity index (χ4n) is 1.52. The molecular formula is C12H14N2O5. The SMILES string of the molecule is COC(=O)C(C)NC(=O)c1cc(C)cc([N+](=O)[O-])c1. The predicted molar refractivity (Wildman–Crippen MR) is 66.8 cm³/mol. The van der Waals surface area contributed by atoms with Crippen LogP contribution in [0.2, 0.25) is 0 Å². The second-order valence-electron chi connectivity index (χ2n) is 4.03. The van der Waals surface area contributed by atoms with E-state index in [0.29, 0.717) is 5.56 Å². The summed E-state index contributed by atoms with van der Waals surface area (Å²) in [4.78, 5) is 33.2. The van der Waals surface area contributed by atoms with E-state index in [2.05, 4.69) is 10.1 Å². The highest BCUT2D eigenvalue weighted by molar-refractivity contribution is 5.97. The topological polar surface area (TPSA) is 98.5 Å². The Kier molecular flexibility index (Phi) is 4.57. The van der Waals surface area contributed by atoms with Crippen molar-refractivity contribution in [2.45, 2.75) is 19.9 Å². The lowest BCUT2D eigenvalue weighted by Gasteiger charge is -2.11. The van der Waals surface area contributed by atoms with Gasteiger partial charge in [-0.3, -0.25) is 14.9 Å². The Hall–Kier alpha value is -2.44. The van der Waals surface area contributed by atoms with Crippen LogP contribution in [0.3, 0.4) is 0 Å². The molecular weight excluding hydrogens is 252 g/mol. The largest absolute Gasteiger partial charge is 0.467 e. The van der Waals surface area contributed by atoms with Crippen LogP contribution in [-0.4, -0.2) is 30.0 Å². The van der Waals surface area contributed by atoms with E-state index in [1.54, 1.807) is 6.92 Å². The summed E-state index contributed by atoms with van der Waals surface area (Å²) in [5.41, 5.74) is 0.545. The van der Waals surface area contributed by atoms with Gasteiger partial charge in [0.2, 0.25) is 0 Å². The molecule has 0 saturated heterocycles. The maximum atomic E-state index is 11.9. The van der Waals surface area contributed by atoms with Crippen molar-refractivity contribution in [1.82, 2.24) is 5.32 Å². The Bertz CT molecular complexity index is 527. The molecule has 0 bridgehead atoms. The number of rotatable bonds is 4. The molecule has 0 heterocycles. The molecule has 0 radical (unpaired) electrons. The lowest BCUT2D eigenvalue weighted by Crippen LogP contribution is -2.39. The van der Waals surface area contributed by atoms with Crippen molar-refractivity contribution < 1.29 is 19.2 Å². The predicted octanol–water partition coefficient (Wildman–Crippen LogP) is 1.19. The molecule has 1 aromatic rings. The van der Waals surface area contributed by atoms with Gasteiger partial charge in [0.25, 0.3) is 11.6 Å². The standard InChI is InChI=1S/C12H14N2O5/c1-7-4-9(6-10(5-7)14(17)18)11(15)13-8(2)12(16)19-3/h4-6,8H,1-3H3,(H,13,15). The highest BCUT2D eigenvalue weighted by atomic mass is 16.6. The first kappa shape index (κ1) is 14.6.